The molecule has 0 bridgehead atoms. The number of carbonyl (C=O) groups excluding carboxylic acids is 1. The van der Waals surface area contributed by atoms with E-state index >= 15 is 0 Å². The first-order valence-corrected chi connectivity index (χ1v) is 7.82. The molecule has 114 valence electrons. The normalized spacial score (nSPS) is 23.2. The summed E-state index contributed by atoms with van der Waals surface area (Å²) >= 11 is 0. The van der Waals surface area contributed by atoms with E-state index in [4.69, 9.17) is 9.62 Å². The lowest BCUT2D eigenvalue weighted by Gasteiger charge is -2.41. The fraction of sp³-hybridized carbons (Fsp3) is 0.812. The van der Waals surface area contributed by atoms with Crippen LogP contribution in [-0.2, 0) is 19.3 Å². The molecule has 0 aromatic heterocycles. The Morgan fingerprint density at radius 1 is 1.15 bits per heavy atom. The zero-order chi connectivity index (χ0) is 14.3. The Hall–Kier alpha value is -0.870. The van der Waals surface area contributed by atoms with Crippen LogP contribution in [0.5, 0.6) is 0 Å². The summed E-state index contributed by atoms with van der Waals surface area (Å²) < 4.78 is 5.92. The molecule has 0 aromatic rings. The highest BCUT2D eigenvalue weighted by Crippen LogP contribution is 2.45. The molecular weight excluding hydrogens is 256 g/mol. The molecule has 4 nitrogen and oxygen atoms in total. The summed E-state index contributed by atoms with van der Waals surface area (Å²) in [6, 6.07) is 0. The van der Waals surface area contributed by atoms with Crippen molar-refractivity contribution in [1.29, 1.82) is 0 Å². The quantitative estimate of drug-likeness (QED) is 0.246. The number of ether oxygens (including phenoxy) is 1. The standard InChI is InChI=1S/C16H26O4/c1-18-19-13-7-10-15(17)20-16(11-5-2-6-12-16)14-8-3-4-9-14/h7,10,14H,2-6,8-9,11-13H2,1H3. The van der Waals surface area contributed by atoms with Crippen molar-refractivity contribution in [3.8, 4) is 0 Å². The summed E-state index contributed by atoms with van der Waals surface area (Å²) in [6.45, 7) is 0.266. The Balaban J connectivity index is 1.93. The van der Waals surface area contributed by atoms with E-state index in [0.717, 1.165) is 12.8 Å². The Morgan fingerprint density at radius 2 is 1.85 bits per heavy atom. The number of carbonyl (C=O) groups is 1. The SMILES string of the molecule is COOCC=CC(=O)OC1(C2CCCC2)CCCCC1. The van der Waals surface area contributed by atoms with Crippen LogP contribution in [0.25, 0.3) is 0 Å². The number of hydrogen-bond acceptors (Lipinski definition) is 4. The smallest absolute Gasteiger partial charge is 0.331 e. The van der Waals surface area contributed by atoms with E-state index in [0.29, 0.717) is 5.92 Å². The molecule has 0 amide bonds. The van der Waals surface area contributed by atoms with Crippen molar-refractivity contribution < 1.29 is 19.3 Å². The molecule has 2 aliphatic carbocycles. The Labute approximate surface area is 121 Å². The highest BCUT2D eigenvalue weighted by molar-refractivity contribution is 5.82. The van der Waals surface area contributed by atoms with Gasteiger partial charge in [0.1, 0.15) is 12.2 Å². The van der Waals surface area contributed by atoms with Gasteiger partial charge in [-0.05, 0) is 50.5 Å². The molecule has 0 saturated heterocycles. The molecule has 4 heteroatoms. The first-order chi connectivity index (χ1) is 9.77. The second-order valence-electron chi connectivity index (χ2n) is 5.88. The van der Waals surface area contributed by atoms with Crippen LogP contribution < -0.4 is 0 Å². The van der Waals surface area contributed by atoms with Crippen molar-refractivity contribution in [2.45, 2.75) is 63.4 Å². The topological polar surface area (TPSA) is 44.8 Å². The largest absolute Gasteiger partial charge is 0.456 e. The molecule has 0 aromatic carbocycles. The molecule has 0 aliphatic heterocycles. The van der Waals surface area contributed by atoms with Gasteiger partial charge in [-0.2, -0.15) is 0 Å². The van der Waals surface area contributed by atoms with E-state index in [1.54, 1.807) is 6.08 Å². The molecular formula is C16H26O4. The zero-order valence-electron chi connectivity index (χ0n) is 12.4. The fourth-order valence-electron chi connectivity index (χ4n) is 3.68. The van der Waals surface area contributed by atoms with Gasteiger partial charge in [-0.25, -0.2) is 14.6 Å². The van der Waals surface area contributed by atoms with Gasteiger partial charge < -0.3 is 4.74 Å². The monoisotopic (exact) mass is 282 g/mol. The summed E-state index contributed by atoms with van der Waals surface area (Å²) in [7, 11) is 1.45. The van der Waals surface area contributed by atoms with Crippen molar-refractivity contribution in [1.82, 2.24) is 0 Å². The van der Waals surface area contributed by atoms with Gasteiger partial charge >= 0.3 is 5.97 Å². The molecule has 2 saturated carbocycles. The third kappa shape index (κ3) is 4.06. The maximum absolute atomic E-state index is 12.0. The summed E-state index contributed by atoms with van der Waals surface area (Å²) in [5, 5.41) is 0. The predicted molar refractivity (Wildman–Crippen MR) is 76.0 cm³/mol. The molecule has 0 unspecified atom stereocenters. The van der Waals surface area contributed by atoms with Crippen LogP contribution in [0.1, 0.15) is 57.8 Å². The van der Waals surface area contributed by atoms with Gasteiger partial charge in [0, 0.05) is 6.08 Å². The van der Waals surface area contributed by atoms with Crippen LogP contribution in [0.3, 0.4) is 0 Å². The fourth-order valence-corrected chi connectivity index (χ4v) is 3.68. The number of esters is 1. The van der Waals surface area contributed by atoms with E-state index in [2.05, 4.69) is 4.89 Å². The average molecular weight is 282 g/mol. The molecule has 20 heavy (non-hydrogen) atoms. The van der Waals surface area contributed by atoms with Crippen molar-refractivity contribution in [3.63, 3.8) is 0 Å². The minimum Gasteiger partial charge on any atom is -0.456 e. The average Bonchev–Trinajstić information content (AvgIpc) is 2.99. The molecule has 2 rings (SSSR count). The molecule has 2 aliphatic rings. The van der Waals surface area contributed by atoms with Crippen molar-refractivity contribution >= 4 is 5.97 Å². The van der Waals surface area contributed by atoms with Crippen LogP contribution in [-0.4, -0.2) is 25.3 Å². The Kier molecular flexibility index (Phi) is 6.05. The van der Waals surface area contributed by atoms with Gasteiger partial charge in [0.2, 0.25) is 0 Å². The maximum Gasteiger partial charge on any atom is 0.331 e. The van der Waals surface area contributed by atoms with Gasteiger partial charge in [-0.1, -0.05) is 19.3 Å². The van der Waals surface area contributed by atoms with Crippen molar-refractivity contribution in [2.75, 3.05) is 13.7 Å². The van der Waals surface area contributed by atoms with E-state index in [9.17, 15) is 4.79 Å². The third-order valence-corrected chi connectivity index (χ3v) is 4.64. The van der Waals surface area contributed by atoms with Gasteiger partial charge in [0.15, 0.2) is 0 Å². The number of hydrogen-bond donors (Lipinski definition) is 0. The van der Waals surface area contributed by atoms with Crippen LogP contribution in [0.4, 0.5) is 0 Å². The molecule has 0 N–H and O–H groups in total. The first-order valence-electron chi connectivity index (χ1n) is 7.82. The van der Waals surface area contributed by atoms with Crippen LogP contribution in [0, 0.1) is 5.92 Å². The second kappa shape index (κ2) is 7.79. The van der Waals surface area contributed by atoms with Gasteiger partial charge in [0.05, 0.1) is 7.11 Å². The van der Waals surface area contributed by atoms with Crippen molar-refractivity contribution in [2.24, 2.45) is 5.92 Å². The summed E-state index contributed by atoms with van der Waals surface area (Å²) in [4.78, 5) is 21.2. The van der Waals surface area contributed by atoms with Gasteiger partial charge in [0.25, 0.3) is 0 Å². The molecule has 0 spiro atoms. The maximum atomic E-state index is 12.0. The van der Waals surface area contributed by atoms with E-state index < -0.39 is 0 Å². The van der Waals surface area contributed by atoms with Crippen LogP contribution >= 0.6 is 0 Å². The highest BCUT2D eigenvalue weighted by Gasteiger charge is 2.43. The van der Waals surface area contributed by atoms with Gasteiger partial charge in [-0.3, -0.25) is 0 Å². The minimum absolute atomic E-state index is 0.196. The third-order valence-electron chi connectivity index (χ3n) is 4.64. The first kappa shape index (κ1) is 15.5. The van der Waals surface area contributed by atoms with E-state index in [-0.39, 0.29) is 18.2 Å². The summed E-state index contributed by atoms with van der Waals surface area (Å²) in [6.07, 6.45) is 13.8. The van der Waals surface area contributed by atoms with Crippen LogP contribution in [0.15, 0.2) is 12.2 Å². The predicted octanol–water partition coefficient (Wildman–Crippen LogP) is 3.56. The lowest BCUT2D eigenvalue weighted by molar-refractivity contribution is -0.263. The molecule has 0 radical (unpaired) electrons. The lowest BCUT2D eigenvalue weighted by Crippen LogP contribution is -2.43. The molecule has 2 fully saturated rings. The van der Waals surface area contributed by atoms with Gasteiger partial charge in [-0.15, -0.1) is 0 Å². The van der Waals surface area contributed by atoms with Crippen LogP contribution in [0.2, 0.25) is 0 Å². The van der Waals surface area contributed by atoms with E-state index in [1.165, 1.54) is 58.1 Å². The van der Waals surface area contributed by atoms with E-state index in [1.807, 2.05) is 0 Å². The highest BCUT2D eigenvalue weighted by atomic mass is 17.2. The minimum atomic E-state index is -0.237. The van der Waals surface area contributed by atoms with Crippen molar-refractivity contribution in [3.05, 3.63) is 12.2 Å². The Morgan fingerprint density at radius 3 is 2.50 bits per heavy atom. The summed E-state index contributed by atoms with van der Waals surface area (Å²) in [5.74, 6) is 0.328. The number of rotatable bonds is 6. The molecule has 0 heterocycles. The second-order valence-corrected chi connectivity index (χ2v) is 5.88. The Bertz CT molecular complexity index is 325. The summed E-state index contributed by atoms with van der Waals surface area (Å²) in [5.41, 5.74) is -0.196. The lowest BCUT2D eigenvalue weighted by atomic mass is 9.74. The zero-order valence-corrected chi connectivity index (χ0v) is 12.4. The molecule has 0 atom stereocenters.